The SMILES string of the molecule is COc1ccc(CN(C)CC(=O)Nc2ccc(C)cc2)cc1Br. The number of aryl methyl sites for hydroxylation is 1. The van der Waals surface area contributed by atoms with Gasteiger partial charge in [0.25, 0.3) is 0 Å². The van der Waals surface area contributed by atoms with Crippen molar-refractivity contribution in [2.75, 3.05) is 26.0 Å². The van der Waals surface area contributed by atoms with Gasteiger partial charge in [0, 0.05) is 12.2 Å². The van der Waals surface area contributed by atoms with Gasteiger partial charge in [-0.15, -0.1) is 0 Å². The maximum atomic E-state index is 12.1. The van der Waals surface area contributed by atoms with Crippen molar-refractivity contribution >= 4 is 27.5 Å². The van der Waals surface area contributed by atoms with Crippen LogP contribution in [-0.4, -0.2) is 31.5 Å². The summed E-state index contributed by atoms with van der Waals surface area (Å²) < 4.78 is 6.13. The highest BCUT2D eigenvalue weighted by molar-refractivity contribution is 9.10. The zero-order valence-electron chi connectivity index (χ0n) is 13.6. The summed E-state index contributed by atoms with van der Waals surface area (Å²) in [5.74, 6) is 0.775. The van der Waals surface area contributed by atoms with Gasteiger partial charge in [-0.1, -0.05) is 23.8 Å². The molecule has 0 bridgehead atoms. The molecule has 0 heterocycles. The Hall–Kier alpha value is -1.85. The molecule has 0 aromatic heterocycles. The fraction of sp³-hybridized carbons (Fsp3) is 0.278. The molecule has 1 N–H and O–H groups in total. The molecule has 0 fully saturated rings. The van der Waals surface area contributed by atoms with E-state index in [0.29, 0.717) is 13.1 Å². The quantitative estimate of drug-likeness (QED) is 0.832. The number of methoxy groups -OCH3 is 1. The summed E-state index contributed by atoms with van der Waals surface area (Å²) in [6.45, 7) is 3.04. The highest BCUT2D eigenvalue weighted by Gasteiger charge is 2.09. The number of anilines is 1. The maximum absolute atomic E-state index is 12.1. The minimum Gasteiger partial charge on any atom is -0.496 e. The smallest absolute Gasteiger partial charge is 0.238 e. The van der Waals surface area contributed by atoms with Gasteiger partial charge in [0.05, 0.1) is 18.1 Å². The van der Waals surface area contributed by atoms with E-state index in [4.69, 9.17) is 4.74 Å². The van der Waals surface area contributed by atoms with Gasteiger partial charge < -0.3 is 10.1 Å². The second kappa shape index (κ2) is 8.13. The lowest BCUT2D eigenvalue weighted by atomic mass is 10.2. The van der Waals surface area contributed by atoms with Gasteiger partial charge in [0.15, 0.2) is 0 Å². The zero-order valence-corrected chi connectivity index (χ0v) is 15.2. The average Bonchev–Trinajstić information content (AvgIpc) is 2.49. The van der Waals surface area contributed by atoms with Crippen molar-refractivity contribution in [3.05, 3.63) is 58.1 Å². The predicted molar refractivity (Wildman–Crippen MR) is 96.8 cm³/mol. The molecule has 0 atom stereocenters. The molecule has 1 amide bonds. The van der Waals surface area contributed by atoms with Crippen LogP contribution in [0.4, 0.5) is 5.69 Å². The minimum atomic E-state index is -0.0241. The number of hydrogen-bond acceptors (Lipinski definition) is 3. The Morgan fingerprint density at radius 1 is 1.22 bits per heavy atom. The largest absolute Gasteiger partial charge is 0.496 e. The molecule has 0 saturated heterocycles. The van der Waals surface area contributed by atoms with Crippen molar-refractivity contribution in [2.45, 2.75) is 13.5 Å². The van der Waals surface area contributed by atoms with Crippen molar-refractivity contribution < 1.29 is 9.53 Å². The molecule has 0 radical (unpaired) electrons. The van der Waals surface area contributed by atoms with E-state index in [-0.39, 0.29) is 5.91 Å². The molecule has 0 aliphatic carbocycles. The topological polar surface area (TPSA) is 41.6 Å². The van der Waals surface area contributed by atoms with Gasteiger partial charge >= 0.3 is 0 Å². The second-order valence-corrected chi connectivity index (χ2v) is 6.41. The number of nitrogens with one attached hydrogen (secondary N) is 1. The zero-order chi connectivity index (χ0) is 16.8. The molecule has 0 saturated carbocycles. The van der Waals surface area contributed by atoms with E-state index in [1.165, 1.54) is 5.56 Å². The van der Waals surface area contributed by atoms with Crippen molar-refractivity contribution in [3.8, 4) is 5.75 Å². The second-order valence-electron chi connectivity index (χ2n) is 5.56. The van der Waals surface area contributed by atoms with Crippen LogP contribution in [0.3, 0.4) is 0 Å². The fourth-order valence-corrected chi connectivity index (χ4v) is 2.85. The van der Waals surface area contributed by atoms with E-state index in [1.54, 1.807) is 7.11 Å². The highest BCUT2D eigenvalue weighted by Crippen LogP contribution is 2.25. The number of hydrogen-bond donors (Lipinski definition) is 1. The Morgan fingerprint density at radius 3 is 2.52 bits per heavy atom. The first kappa shape index (κ1) is 17.5. The fourth-order valence-electron chi connectivity index (χ4n) is 2.26. The Kier molecular flexibility index (Phi) is 6.19. The molecule has 0 unspecified atom stereocenters. The van der Waals surface area contributed by atoms with Crippen LogP contribution in [0.15, 0.2) is 46.9 Å². The van der Waals surface area contributed by atoms with Gasteiger partial charge in [0.1, 0.15) is 5.75 Å². The number of ether oxygens (including phenoxy) is 1. The van der Waals surface area contributed by atoms with Crippen LogP contribution >= 0.6 is 15.9 Å². The molecule has 4 nitrogen and oxygen atoms in total. The van der Waals surface area contributed by atoms with Crippen molar-refractivity contribution in [3.63, 3.8) is 0 Å². The number of benzene rings is 2. The molecule has 2 rings (SSSR count). The normalized spacial score (nSPS) is 10.7. The monoisotopic (exact) mass is 376 g/mol. The number of amides is 1. The molecule has 23 heavy (non-hydrogen) atoms. The lowest BCUT2D eigenvalue weighted by Crippen LogP contribution is -2.29. The van der Waals surface area contributed by atoms with Gasteiger partial charge in [-0.3, -0.25) is 9.69 Å². The molecular formula is C18H21BrN2O2. The third-order valence-corrected chi connectivity index (χ3v) is 4.04. The Bertz CT molecular complexity index is 671. The van der Waals surface area contributed by atoms with Gasteiger partial charge in [-0.25, -0.2) is 0 Å². The highest BCUT2D eigenvalue weighted by atomic mass is 79.9. The van der Waals surface area contributed by atoms with E-state index in [1.807, 2.05) is 61.3 Å². The summed E-state index contributed by atoms with van der Waals surface area (Å²) in [5.41, 5.74) is 3.11. The Labute approximate surface area is 145 Å². The van der Waals surface area contributed by atoms with Crippen LogP contribution in [-0.2, 0) is 11.3 Å². The van der Waals surface area contributed by atoms with Crippen molar-refractivity contribution in [2.24, 2.45) is 0 Å². The van der Waals surface area contributed by atoms with Crippen LogP contribution in [0.2, 0.25) is 0 Å². The number of likely N-dealkylation sites (N-methyl/N-ethyl adjacent to an activating group) is 1. The van der Waals surface area contributed by atoms with Crippen molar-refractivity contribution in [1.82, 2.24) is 4.90 Å². The van der Waals surface area contributed by atoms with Crippen LogP contribution in [0.1, 0.15) is 11.1 Å². The Morgan fingerprint density at radius 2 is 1.91 bits per heavy atom. The number of nitrogens with zero attached hydrogens (tertiary/aromatic N) is 1. The minimum absolute atomic E-state index is 0.0241. The third-order valence-electron chi connectivity index (χ3n) is 3.42. The van der Waals surface area contributed by atoms with E-state index < -0.39 is 0 Å². The van der Waals surface area contributed by atoms with E-state index in [2.05, 4.69) is 21.2 Å². The molecule has 0 spiro atoms. The van der Waals surface area contributed by atoms with Crippen LogP contribution < -0.4 is 10.1 Å². The molecule has 2 aromatic carbocycles. The van der Waals surface area contributed by atoms with Crippen LogP contribution in [0, 0.1) is 6.92 Å². The molecule has 2 aromatic rings. The summed E-state index contributed by atoms with van der Waals surface area (Å²) in [4.78, 5) is 14.1. The average molecular weight is 377 g/mol. The number of carbonyl (C=O) groups excluding carboxylic acids is 1. The van der Waals surface area contributed by atoms with Crippen LogP contribution in [0.5, 0.6) is 5.75 Å². The summed E-state index contributed by atoms with van der Waals surface area (Å²) in [6.07, 6.45) is 0. The van der Waals surface area contributed by atoms with Crippen molar-refractivity contribution in [1.29, 1.82) is 0 Å². The van der Waals surface area contributed by atoms with E-state index in [9.17, 15) is 4.79 Å². The van der Waals surface area contributed by atoms with E-state index >= 15 is 0 Å². The summed E-state index contributed by atoms with van der Waals surface area (Å²) >= 11 is 3.48. The lowest BCUT2D eigenvalue weighted by Gasteiger charge is -2.17. The molecule has 0 aliphatic heterocycles. The Balaban J connectivity index is 1.88. The molecule has 0 aliphatic rings. The molecule has 122 valence electrons. The van der Waals surface area contributed by atoms with Gasteiger partial charge in [-0.05, 0) is 59.7 Å². The number of rotatable bonds is 6. The maximum Gasteiger partial charge on any atom is 0.238 e. The first-order valence-electron chi connectivity index (χ1n) is 7.35. The first-order chi connectivity index (χ1) is 11.0. The van der Waals surface area contributed by atoms with Gasteiger partial charge in [0.2, 0.25) is 5.91 Å². The number of halogens is 1. The third kappa shape index (κ3) is 5.37. The molecular weight excluding hydrogens is 356 g/mol. The standard InChI is InChI=1S/C18H21BrN2O2/c1-13-4-7-15(8-5-13)20-18(22)12-21(2)11-14-6-9-17(23-3)16(19)10-14/h4-10H,11-12H2,1-3H3,(H,20,22). The van der Waals surface area contributed by atoms with Gasteiger partial charge in [-0.2, -0.15) is 0 Å². The van der Waals surface area contributed by atoms with Crippen LogP contribution in [0.25, 0.3) is 0 Å². The molecule has 5 heteroatoms. The summed E-state index contributed by atoms with van der Waals surface area (Å²) in [7, 11) is 3.56. The summed E-state index contributed by atoms with van der Waals surface area (Å²) in [6, 6.07) is 13.7. The first-order valence-corrected chi connectivity index (χ1v) is 8.14. The summed E-state index contributed by atoms with van der Waals surface area (Å²) in [5, 5.41) is 2.91. The lowest BCUT2D eigenvalue weighted by molar-refractivity contribution is -0.117. The van der Waals surface area contributed by atoms with E-state index in [0.717, 1.165) is 21.5 Å². The predicted octanol–water partition coefficient (Wildman–Crippen LogP) is 3.84. The number of carbonyl (C=O) groups is 1.